The Morgan fingerprint density at radius 2 is 1.66 bits per heavy atom. The molecule has 0 aliphatic carbocycles. The number of rotatable bonds is 10. The summed E-state index contributed by atoms with van der Waals surface area (Å²) in [5.74, 6) is -0.784. The summed E-state index contributed by atoms with van der Waals surface area (Å²) in [5, 5.41) is 2.40. The summed E-state index contributed by atoms with van der Waals surface area (Å²) in [6, 6.07) is 15.1. The number of hydrogen-bond donors (Lipinski definition) is 2. The number of hydrogen-bond acceptors (Lipinski definition) is 6. The minimum atomic E-state index is -3.68. The number of esters is 1. The number of alkyl carbamates (subject to hydrolysis) is 1. The molecule has 0 heterocycles. The molecule has 156 valence electrons. The van der Waals surface area contributed by atoms with Crippen LogP contribution in [0, 0.1) is 0 Å². The van der Waals surface area contributed by atoms with Gasteiger partial charge in [0.25, 0.3) is 0 Å². The van der Waals surface area contributed by atoms with Gasteiger partial charge in [-0.05, 0) is 36.2 Å². The molecular formula is C20H24N2O6S. The van der Waals surface area contributed by atoms with E-state index < -0.39 is 22.1 Å². The number of benzene rings is 2. The van der Waals surface area contributed by atoms with Crippen LogP contribution in [0.4, 0.5) is 10.5 Å². The van der Waals surface area contributed by atoms with E-state index in [9.17, 15) is 18.0 Å². The van der Waals surface area contributed by atoms with Crippen molar-refractivity contribution in [3.8, 4) is 0 Å². The van der Waals surface area contributed by atoms with E-state index in [4.69, 9.17) is 9.47 Å². The average Bonchev–Trinajstić information content (AvgIpc) is 2.71. The van der Waals surface area contributed by atoms with Gasteiger partial charge in [-0.2, -0.15) is 0 Å². The molecule has 2 rings (SSSR count). The molecule has 0 aromatic heterocycles. The zero-order chi connectivity index (χ0) is 21.1. The van der Waals surface area contributed by atoms with Crippen molar-refractivity contribution in [2.24, 2.45) is 0 Å². The third-order valence-electron chi connectivity index (χ3n) is 3.68. The Balaban J connectivity index is 1.75. The molecule has 2 N–H and O–H groups in total. The maximum Gasteiger partial charge on any atom is 0.407 e. The Hall–Kier alpha value is -3.07. The summed E-state index contributed by atoms with van der Waals surface area (Å²) in [6.07, 6.45) is 0.0243. The van der Waals surface area contributed by atoms with Crippen molar-refractivity contribution in [1.82, 2.24) is 5.32 Å². The lowest BCUT2D eigenvalue weighted by atomic mass is 10.2. The SMILES string of the molecule is CCCOC(=O)c1ccc(NS(=O)(=O)CCNC(=O)OCc2ccccc2)cc1. The molecule has 0 atom stereocenters. The second-order valence-electron chi connectivity index (χ2n) is 6.12. The second-order valence-corrected chi connectivity index (χ2v) is 7.96. The summed E-state index contributed by atoms with van der Waals surface area (Å²) in [7, 11) is -3.68. The van der Waals surface area contributed by atoms with Crippen LogP contribution in [0.3, 0.4) is 0 Å². The number of ether oxygens (including phenoxy) is 2. The average molecular weight is 420 g/mol. The van der Waals surface area contributed by atoms with Crippen molar-refractivity contribution in [2.45, 2.75) is 20.0 Å². The van der Waals surface area contributed by atoms with Gasteiger partial charge in [0.15, 0.2) is 0 Å². The predicted molar refractivity (Wildman–Crippen MR) is 109 cm³/mol. The fraction of sp³-hybridized carbons (Fsp3) is 0.300. The Morgan fingerprint density at radius 1 is 0.966 bits per heavy atom. The Morgan fingerprint density at radius 3 is 2.31 bits per heavy atom. The molecule has 0 aliphatic rings. The molecule has 8 nitrogen and oxygen atoms in total. The molecule has 0 unspecified atom stereocenters. The fourth-order valence-corrected chi connectivity index (χ4v) is 3.21. The third-order valence-corrected chi connectivity index (χ3v) is 4.97. The third kappa shape index (κ3) is 8.22. The Kier molecular flexibility index (Phi) is 8.47. The highest BCUT2D eigenvalue weighted by atomic mass is 32.2. The summed E-state index contributed by atoms with van der Waals surface area (Å²) in [5.41, 5.74) is 1.48. The minimum Gasteiger partial charge on any atom is -0.462 e. The van der Waals surface area contributed by atoms with Gasteiger partial charge in [0.2, 0.25) is 10.0 Å². The van der Waals surface area contributed by atoms with E-state index in [2.05, 4.69) is 10.0 Å². The second kappa shape index (κ2) is 11.1. The van der Waals surface area contributed by atoms with Crippen molar-refractivity contribution in [2.75, 3.05) is 23.6 Å². The number of anilines is 1. The molecule has 9 heteroatoms. The maximum atomic E-state index is 12.1. The first-order valence-electron chi connectivity index (χ1n) is 9.12. The number of carbonyl (C=O) groups is 2. The Labute approximate surface area is 170 Å². The van der Waals surface area contributed by atoms with Gasteiger partial charge in [-0.25, -0.2) is 18.0 Å². The topological polar surface area (TPSA) is 111 Å². The van der Waals surface area contributed by atoms with E-state index in [0.29, 0.717) is 17.9 Å². The molecular weight excluding hydrogens is 396 g/mol. The zero-order valence-electron chi connectivity index (χ0n) is 16.1. The lowest BCUT2D eigenvalue weighted by molar-refractivity contribution is 0.0505. The van der Waals surface area contributed by atoms with E-state index in [1.807, 2.05) is 37.3 Å². The van der Waals surface area contributed by atoms with Gasteiger partial charge in [0, 0.05) is 12.2 Å². The van der Waals surface area contributed by atoms with Crippen LogP contribution >= 0.6 is 0 Å². The highest BCUT2D eigenvalue weighted by molar-refractivity contribution is 7.92. The number of carbonyl (C=O) groups excluding carboxylic acids is 2. The number of sulfonamides is 1. The first-order chi connectivity index (χ1) is 13.9. The van der Waals surface area contributed by atoms with Gasteiger partial charge in [-0.3, -0.25) is 4.72 Å². The van der Waals surface area contributed by atoms with Gasteiger partial charge in [0.1, 0.15) is 6.61 Å². The fourth-order valence-electron chi connectivity index (χ4n) is 2.24. The van der Waals surface area contributed by atoms with E-state index in [1.165, 1.54) is 24.3 Å². The summed E-state index contributed by atoms with van der Waals surface area (Å²) in [6.45, 7) is 2.21. The molecule has 29 heavy (non-hydrogen) atoms. The molecule has 2 aromatic rings. The largest absolute Gasteiger partial charge is 0.462 e. The van der Waals surface area contributed by atoms with E-state index >= 15 is 0 Å². The first kappa shape index (κ1) is 22.2. The predicted octanol–water partition coefficient (Wildman–Crippen LogP) is 2.92. The van der Waals surface area contributed by atoms with Gasteiger partial charge in [-0.15, -0.1) is 0 Å². The van der Waals surface area contributed by atoms with Crippen molar-refractivity contribution in [1.29, 1.82) is 0 Å². The van der Waals surface area contributed by atoms with Crippen LogP contribution < -0.4 is 10.0 Å². The van der Waals surface area contributed by atoms with Gasteiger partial charge in [-0.1, -0.05) is 37.3 Å². The molecule has 0 saturated carbocycles. The first-order valence-corrected chi connectivity index (χ1v) is 10.8. The van der Waals surface area contributed by atoms with E-state index in [-0.39, 0.29) is 18.9 Å². The lowest BCUT2D eigenvalue weighted by Gasteiger charge is -2.10. The highest BCUT2D eigenvalue weighted by Gasteiger charge is 2.13. The quantitative estimate of drug-likeness (QED) is 0.572. The van der Waals surface area contributed by atoms with Crippen LogP contribution in [-0.4, -0.2) is 39.4 Å². The van der Waals surface area contributed by atoms with Crippen molar-refractivity contribution in [3.05, 3.63) is 65.7 Å². The molecule has 0 radical (unpaired) electrons. The lowest BCUT2D eigenvalue weighted by Crippen LogP contribution is -2.31. The van der Waals surface area contributed by atoms with Crippen LogP contribution in [-0.2, 0) is 26.1 Å². The van der Waals surface area contributed by atoms with Crippen LogP contribution in [0.1, 0.15) is 29.3 Å². The van der Waals surface area contributed by atoms with E-state index in [1.54, 1.807) is 0 Å². The molecule has 0 aliphatic heterocycles. The normalized spacial score (nSPS) is 10.8. The van der Waals surface area contributed by atoms with Crippen LogP contribution in [0.2, 0.25) is 0 Å². The summed E-state index contributed by atoms with van der Waals surface area (Å²) >= 11 is 0. The molecule has 0 fully saturated rings. The van der Waals surface area contributed by atoms with Crippen molar-refractivity contribution < 1.29 is 27.5 Å². The van der Waals surface area contributed by atoms with Crippen LogP contribution in [0.5, 0.6) is 0 Å². The summed E-state index contributed by atoms with van der Waals surface area (Å²) < 4.78 is 36.7. The number of nitrogens with one attached hydrogen (secondary N) is 2. The molecule has 2 aromatic carbocycles. The zero-order valence-corrected chi connectivity index (χ0v) is 16.9. The van der Waals surface area contributed by atoms with Crippen molar-refractivity contribution in [3.63, 3.8) is 0 Å². The van der Waals surface area contributed by atoms with Gasteiger partial charge >= 0.3 is 12.1 Å². The van der Waals surface area contributed by atoms with Crippen LogP contribution in [0.15, 0.2) is 54.6 Å². The van der Waals surface area contributed by atoms with Crippen LogP contribution in [0.25, 0.3) is 0 Å². The molecule has 0 bridgehead atoms. The number of amides is 1. The summed E-state index contributed by atoms with van der Waals surface area (Å²) in [4.78, 5) is 23.4. The van der Waals surface area contributed by atoms with Crippen molar-refractivity contribution >= 4 is 27.8 Å². The monoisotopic (exact) mass is 420 g/mol. The van der Waals surface area contributed by atoms with Gasteiger partial charge < -0.3 is 14.8 Å². The highest BCUT2D eigenvalue weighted by Crippen LogP contribution is 2.12. The maximum absolute atomic E-state index is 12.1. The molecule has 0 spiro atoms. The molecule has 0 saturated heterocycles. The standard InChI is InChI=1S/C20H24N2O6S/c1-2-13-27-19(23)17-8-10-18(11-9-17)22-29(25,26)14-12-21-20(24)28-15-16-6-4-3-5-7-16/h3-11,22H,2,12-15H2,1H3,(H,21,24). The van der Waals surface area contributed by atoms with E-state index in [0.717, 1.165) is 12.0 Å². The molecule has 1 amide bonds. The smallest absolute Gasteiger partial charge is 0.407 e. The minimum absolute atomic E-state index is 0.102. The van der Waals surface area contributed by atoms with Gasteiger partial charge in [0.05, 0.1) is 17.9 Å². The Bertz CT molecular complexity index is 898.